The van der Waals surface area contributed by atoms with Crippen molar-refractivity contribution in [3.8, 4) is 0 Å². The number of nitrogens with one attached hydrogen (secondary N) is 2. The predicted molar refractivity (Wildman–Crippen MR) is 109 cm³/mol. The lowest BCUT2D eigenvalue weighted by Gasteiger charge is -2.12. The standard InChI is InChI=1S/C21H24N2O4S/c1-16(14-17-6-3-2-4-7-17)21(24)23-18-9-11-20(12-10-18)28(25,26)22-15-19-8-5-13-27-19/h2-4,6-7,9-12,14,19,22H,5,8,13,15H2,1H3,(H,23,24)/b16-14+/t19-/m0/s1. The van der Waals surface area contributed by atoms with Crippen molar-refractivity contribution in [2.45, 2.75) is 30.8 Å². The summed E-state index contributed by atoms with van der Waals surface area (Å²) in [5.74, 6) is -0.240. The van der Waals surface area contributed by atoms with Crippen LogP contribution < -0.4 is 10.0 Å². The fourth-order valence-electron chi connectivity index (χ4n) is 2.90. The normalized spacial score (nSPS) is 17.5. The van der Waals surface area contributed by atoms with Crippen molar-refractivity contribution in [1.29, 1.82) is 0 Å². The van der Waals surface area contributed by atoms with Gasteiger partial charge in [0.2, 0.25) is 10.0 Å². The van der Waals surface area contributed by atoms with E-state index in [1.807, 2.05) is 30.3 Å². The zero-order valence-electron chi connectivity index (χ0n) is 15.7. The highest BCUT2D eigenvalue weighted by atomic mass is 32.2. The third-order valence-electron chi connectivity index (χ3n) is 4.49. The average Bonchev–Trinajstić information content (AvgIpc) is 3.21. The Balaban J connectivity index is 1.60. The van der Waals surface area contributed by atoms with E-state index in [0.717, 1.165) is 18.4 Å². The third-order valence-corrected chi connectivity index (χ3v) is 5.93. The van der Waals surface area contributed by atoms with Gasteiger partial charge < -0.3 is 10.1 Å². The summed E-state index contributed by atoms with van der Waals surface area (Å²) in [5, 5.41) is 2.77. The summed E-state index contributed by atoms with van der Waals surface area (Å²) in [6.07, 6.45) is 3.55. The zero-order chi connectivity index (χ0) is 20.0. The summed E-state index contributed by atoms with van der Waals surface area (Å²) in [6.45, 7) is 2.68. The Bertz CT molecular complexity index is 932. The smallest absolute Gasteiger partial charge is 0.251 e. The minimum atomic E-state index is -3.60. The minimum absolute atomic E-state index is 0.0623. The molecule has 1 amide bonds. The number of amides is 1. The molecule has 0 radical (unpaired) electrons. The van der Waals surface area contributed by atoms with Gasteiger partial charge in [-0.05, 0) is 55.7 Å². The van der Waals surface area contributed by atoms with Gasteiger partial charge in [0, 0.05) is 24.4 Å². The van der Waals surface area contributed by atoms with E-state index >= 15 is 0 Å². The van der Waals surface area contributed by atoms with Gasteiger partial charge in [-0.1, -0.05) is 30.3 Å². The Morgan fingerprint density at radius 3 is 2.50 bits per heavy atom. The highest BCUT2D eigenvalue weighted by Crippen LogP contribution is 2.17. The molecule has 7 heteroatoms. The molecule has 0 aliphatic carbocycles. The van der Waals surface area contributed by atoms with Gasteiger partial charge in [-0.3, -0.25) is 4.79 Å². The fraction of sp³-hybridized carbons (Fsp3) is 0.286. The van der Waals surface area contributed by atoms with Gasteiger partial charge in [0.15, 0.2) is 0 Å². The molecule has 1 saturated heterocycles. The fourth-order valence-corrected chi connectivity index (χ4v) is 3.97. The Kier molecular flexibility index (Phi) is 6.61. The summed E-state index contributed by atoms with van der Waals surface area (Å²) in [6, 6.07) is 15.7. The lowest BCUT2D eigenvalue weighted by Crippen LogP contribution is -2.31. The van der Waals surface area contributed by atoms with Crippen LogP contribution in [-0.4, -0.2) is 33.6 Å². The van der Waals surface area contributed by atoms with Crippen LogP contribution in [0.15, 0.2) is 65.1 Å². The van der Waals surface area contributed by atoms with Crippen molar-refractivity contribution in [3.05, 3.63) is 65.7 Å². The molecule has 2 aromatic rings. The molecule has 6 nitrogen and oxygen atoms in total. The van der Waals surface area contributed by atoms with Gasteiger partial charge in [-0.2, -0.15) is 0 Å². The highest BCUT2D eigenvalue weighted by molar-refractivity contribution is 7.89. The van der Waals surface area contributed by atoms with E-state index in [0.29, 0.717) is 17.9 Å². The van der Waals surface area contributed by atoms with Crippen molar-refractivity contribution in [2.24, 2.45) is 0 Å². The Hall–Kier alpha value is -2.48. The second kappa shape index (κ2) is 9.14. The van der Waals surface area contributed by atoms with Gasteiger partial charge in [-0.25, -0.2) is 13.1 Å². The average molecular weight is 401 g/mol. The lowest BCUT2D eigenvalue weighted by molar-refractivity contribution is -0.112. The number of hydrogen-bond donors (Lipinski definition) is 2. The molecule has 2 aromatic carbocycles. The maximum Gasteiger partial charge on any atom is 0.251 e. The maximum atomic E-state index is 12.4. The predicted octanol–water partition coefficient (Wildman–Crippen LogP) is 3.19. The molecule has 1 aliphatic rings. The molecule has 2 N–H and O–H groups in total. The molecule has 1 atom stereocenters. The molecule has 1 heterocycles. The van der Waals surface area contributed by atoms with E-state index in [1.165, 1.54) is 12.1 Å². The van der Waals surface area contributed by atoms with E-state index in [1.54, 1.807) is 25.1 Å². The van der Waals surface area contributed by atoms with Crippen molar-refractivity contribution in [3.63, 3.8) is 0 Å². The molecule has 1 aliphatic heterocycles. The molecule has 1 fully saturated rings. The van der Waals surface area contributed by atoms with Crippen molar-refractivity contribution in [2.75, 3.05) is 18.5 Å². The number of carbonyl (C=O) groups is 1. The summed E-state index contributed by atoms with van der Waals surface area (Å²) in [4.78, 5) is 12.5. The van der Waals surface area contributed by atoms with Crippen molar-refractivity contribution < 1.29 is 17.9 Å². The van der Waals surface area contributed by atoms with Crippen LogP contribution in [0.1, 0.15) is 25.3 Å². The van der Waals surface area contributed by atoms with Gasteiger partial charge in [0.05, 0.1) is 11.0 Å². The van der Waals surface area contributed by atoms with Crippen molar-refractivity contribution in [1.82, 2.24) is 4.72 Å². The lowest BCUT2D eigenvalue weighted by atomic mass is 10.1. The summed E-state index contributed by atoms with van der Waals surface area (Å²) in [7, 11) is -3.60. The number of hydrogen-bond acceptors (Lipinski definition) is 4. The van der Waals surface area contributed by atoms with Crippen LogP contribution in [0.3, 0.4) is 0 Å². The molecular weight excluding hydrogens is 376 g/mol. The number of ether oxygens (including phenoxy) is 1. The third kappa shape index (κ3) is 5.51. The number of sulfonamides is 1. The second-order valence-corrected chi connectivity index (χ2v) is 8.47. The molecule has 0 unspecified atom stereocenters. The molecule has 0 saturated carbocycles. The number of anilines is 1. The first kappa shape index (κ1) is 20.3. The van der Waals surface area contributed by atoms with Gasteiger partial charge in [0.25, 0.3) is 5.91 Å². The highest BCUT2D eigenvalue weighted by Gasteiger charge is 2.20. The molecule has 28 heavy (non-hydrogen) atoms. The number of rotatable bonds is 7. The van der Waals surface area contributed by atoms with Crippen LogP contribution in [0, 0.1) is 0 Å². The van der Waals surface area contributed by atoms with E-state index in [2.05, 4.69) is 10.0 Å². The molecular formula is C21H24N2O4S. The van der Waals surface area contributed by atoms with Crippen molar-refractivity contribution >= 4 is 27.7 Å². The van der Waals surface area contributed by atoms with Gasteiger partial charge >= 0.3 is 0 Å². The molecule has 0 bridgehead atoms. The first-order valence-electron chi connectivity index (χ1n) is 9.20. The number of carbonyl (C=O) groups excluding carboxylic acids is 1. The summed E-state index contributed by atoms with van der Waals surface area (Å²) in [5.41, 5.74) is 2.03. The van der Waals surface area contributed by atoms with E-state index in [-0.39, 0.29) is 23.5 Å². The van der Waals surface area contributed by atoms with E-state index < -0.39 is 10.0 Å². The van der Waals surface area contributed by atoms with E-state index in [4.69, 9.17) is 4.74 Å². The second-order valence-electron chi connectivity index (χ2n) is 6.70. The maximum absolute atomic E-state index is 12.4. The Morgan fingerprint density at radius 2 is 1.86 bits per heavy atom. The summed E-state index contributed by atoms with van der Waals surface area (Å²) >= 11 is 0. The molecule has 0 spiro atoms. The zero-order valence-corrected chi connectivity index (χ0v) is 16.5. The summed E-state index contributed by atoms with van der Waals surface area (Å²) < 4.78 is 32.7. The van der Waals surface area contributed by atoms with Crippen LogP contribution in [0.5, 0.6) is 0 Å². The quantitative estimate of drug-likeness (QED) is 0.699. The monoisotopic (exact) mass is 400 g/mol. The Labute approximate surface area is 165 Å². The van der Waals surface area contributed by atoms with E-state index in [9.17, 15) is 13.2 Å². The molecule has 0 aromatic heterocycles. The minimum Gasteiger partial charge on any atom is -0.377 e. The largest absolute Gasteiger partial charge is 0.377 e. The molecule has 148 valence electrons. The van der Waals surface area contributed by atoms with Gasteiger partial charge in [0.1, 0.15) is 0 Å². The van der Waals surface area contributed by atoms with Crippen LogP contribution in [0.2, 0.25) is 0 Å². The first-order chi connectivity index (χ1) is 13.4. The topological polar surface area (TPSA) is 84.5 Å². The number of benzene rings is 2. The SMILES string of the molecule is C/C(=C\c1ccccc1)C(=O)Nc1ccc(S(=O)(=O)NC[C@@H]2CCCO2)cc1. The van der Waals surface area contributed by atoms with Gasteiger partial charge in [-0.15, -0.1) is 0 Å². The van der Waals surface area contributed by atoms with Crippen LogP contribution in [0.25, 0.3) is 6.08 Å². The first-order valence-corrected chi connectivity index (χ1v) is 10.7. The van der Waals surface area contributed by atoms with Crippen LogP contribution in [0.4, 0.5) is 5.69 Å². The Morgan fingerprint density at radius 1 is 1.14 bits per heavy atom. The van der Waals surface area contributed by atoms with Crippen LogP contribution >= 0.6 is 0 Å². The van der Waals surface area contributed by atoms with Crippen LogP contribution in [-0.2, 0) is 19.6 Å². The molecule has 3 rings (SSSR count).